The highest BCUT2D eigenvalue weighted by atomic mass is 15.3. The van der Waals surface area contributed by atoms with E-state index in [1.807, 2.05) is 0 Å². The number of nitrogens with zero attached hydrogens (tertiary/aromatic N) is 1. The largest absolute Gasteiger partial charge is 0.308 e. The van der Waals surface area contributed by atoms with Crippen LogP contribution in [0, 0.1) is 17.8 Å². The van der Waals surface area contributed by atoms with Gasteiger partial charge in [-0.15, -0.1) is 0 Å². The van der Waals surface area contributed by atoms with E-state index in [0.29, 0.717) is 5.54 Å². The van der Waals surface area contributed by atoms with E-state index in [0.717, 1.165) is 23.8 Å². The lowest BCUT2D eigenvalue weighted by Gasteiger charge is -2.50. The molecule has 0 bridgehead atoms. The zero-order chi connectivity index (χ0) is 14.3. The van der Waals surface area contributed by atoms with Gasteiger partial charge in [0.25, 0.3) is 0 Å². The molecule has 3 saturated carbocycles. The Kier molecular flexibility index (Phi) is 4.04. The molecule has 1 N–H and O–H groups in total. The van der Waals surface area contributed by atoms with Crippen LogP contribution in [0.1, 0.15) is 71.1 Å². The van der Waals surface area contributed by atoms with Crippen molar-refractivity contribution in [3.05, 3.63) is 0 Å². The lowest BCUT2D eigenvalue weighted by Crippen LogP contribution is -2.65. The lowest BCUT2D eigenvalue weighted by molar-refractivity contribution is 0.0323. The third-order valence-corrected chi connectivity index (χ3v) is 6.91. The van der Waals surface area contributed by atoms with Gasteiger partial charge in [-0.3, -0.25) is 4.90 Å². The molecule has 0 aromatic rings. The Morgan fingerprint density at radius 2 is 1.76 bits per heavy atom. The van der Waals surface area contributed by atoms with Gasteiger partial charge in [-0.2, -0.15) is 0 Å². The molecule has 0 radical (unpaired) electrons. The quantitative estimate of drug-likeness (QED) is 0.828. The number of piperazine rings is 1. The molecule has 4 aliphatic rings. The van der Waals surface area contributed by atoms with E-state index in [1.54, 1.807) is 0 Å². The van der Waals surface area contributed by atoms with Gasteiger partial charge in [0, 0.05) is 24.7 Å². The Hall–Kier alpha value is -0.0800. The van der Waals surface area contributed by atoms with Crippen LogP contribution in [-0.4, -0.2) is 36.1 Å². The van der Waals surface area contributed by atoms with Crippen LogP contribution < -0.4 is 5.32 Å². The SMILES string of the molecule is CC1(C2CC2)CN(CCC2CC2)C(C2CCCCC2)CN1. The Balaban J connectivity index is 1.42. The standard InChI is InChI=1S/C19H34N2/c1-19(17-9-10-17)14-21(12-11-15-7-8-15)18(13-20-19)16-5-3-2-4-6-16/h15-18,20H,2-14H2,1H3. The molecule has 1 heterocycles. The fraction of sp³-hybridized carbons (Fsp3) is 1.00. The molecule has 0 spiro atoms. The van der Waals surface area contributed by atoms with Crippen LogP contribution in [0.5, 0.6) is 0 Å². The summed E-state index contributed by atoms with van der Waals surface area (Å²) in [4.78, 5) is 2.93. The molecule has 2 heteroatoms. The maximum Gasteiger partial charge on any atom is 0.0309 e. The predicted molar refractivity (Wildman–Crippen MR) is 88.4 cm³/mol. The Labute approximate surface area is 131 Å². The molecule has 0 aromatic heterocycles. The molecular formula is C19H34N2. The van der Waals surface area contributed by atoms with Crippen LogP contribution in [0.2, 0.25) is 0 Å². The minimum absolute atomic E-state index is 0.425. The minimum Gasteiger partial charge on any atom is -0.308 e. The second-order valence-electron chi connectivity index (χ2n) is 8.74. The minimum atomic E-state index is 0.425. The number of hydrogen-bond acceptors (Lipinski definition) is 2. The molecule has 2 atom stereocenters. The van der Waals surface area contributed by atoms with E-state index in [1.165, 1.54) is 83.8 Å². The fourth-order valence-corrected chi connectivity index (χ4v) is 5.04. The van der Waals surface area contributed by atoms with Crippen molar-refractivity contribution in [1.82, 2.24) is 10.2 Å². The summed E-state index contributed by atoms with van der Waals surface area (Å²) in [6, 6.07) is 0.843. The number of nitrogens with one attached hydrogen (secondary N) is 1. The molecule has 21 heavy (non-hydrogen) atoms. The van der Waals surface area contributed by atoms with Gasteiger partial charge in [0.05, 0.1) is 0 Å². The van der Waals surface area contributed by atoms with Crippen LogP contribution in [-0.2, 0) is 0 Å². The van der Waals surface area contributed by atoms with Gasteiger partial charge in [-0.1, -0.05) is 32.1 Å². The Morgan fingerprint density at radius 3 is 2.43 bits per heavy atom. The summed E-state index contributed by atoms with van der Waals surface area (Å²) < 4.78 is 0. The maximum absolute atomic E-state index is 4.00. The smallest absolute Gasteiger partial charge is 0.0309 e. The molecular weight excluding hydrogens is 256 g/mol. The summed E-state index contributed by atoms with van der Waals surface area (Å²) in [6.45, 7) is 6.48. The van der Waals surface area contributed by atoms with E-state index >= 15 is 0 Å². The Bertz CT molecular complexity index is 355. The summed E-state index contributed by atoms with van der Waals surface area (Å²) in [7, 11) is 0. The number of rotatable bonds is 5. The first kappa shape index (κ1) is 14.5. The zero-order valence-corrected chi connectivity index (χ0v) is 13.9. The zero-order valence-electron chi connectivity index (χ0n) is 13.9. The second-order valence-corrected chi connectivity index (χ2v) is 8.74. The molecule has 0 aromatic carbocycles. The van der Waals surface area contributed by atoms with Crippen molar-refractivity contribution in [1.29, 1.82) is 0 Å². The van der Waals surface area contributed by atoms with E-state index in [2.05, 4.69) is 17.1 Å². The van der Waals surface area contributed by atoms with Crippen molar-refractivity contribution in [2.75, 3.05) is 19.6 Å². The van der Waals surface area contributed by atoms with Crippen LogP contribution in [0.25, 0.3) is 0 Å². The third kappa shape index (κ3) is 3.32. The average molecular weight is 290 g/mol. The van der Waals surface area contributed by atoms with Crippen LogP contribution in [0.3, 0.4) is 0 Å². The monoisotopic (exact) mass is 290 g/mol. The molecule has 2 unspecified atom stereocenters. The van der Waals surface area contributed by atoms with Crippen LogP contribution in [0.4, 0.5) is 0 Å². The topological polar surface area (TPSA) is 15.3 Å². The normalized spacial score (nSPS) is 39.6. The molecule has 120 valence electrons. The molecule has 2 nitrogen and oxygen atoms in total. The molecule has 1 aliphatic heterocycles. The summed E-state index contributed by atoms with van der Waals surface area (Å²) in [6.07, 6.45) is 14.9. The first-order valence-electron chi connectivity index (χ1n) is 9.74. The van der Waals surface area contributed by atoms with E-state index < -0.39 is 0 Å². The van der Waals surface area contributed by atoms with Crippen molar-refractivity contribution >= 4 is 0 Å². The maximum atomic E-state index is 4.00. The summed E-state index contributed by atoms with van der Waals surface area (Å²) in [5.41, 5.74) is 0.425. The molecule has 4 rings (SSSR count). The van der Waals surface area contributed by atoms with Crippen LogP contribution in [0.15, 0.2) is 0 Å². The van der Waals surface area contributed by atoms with Gasteiger partial charge in [-0.25, -0.2) is 0 Å². The van der Waals surface area contributed by atoms with E-state index in [4.69, 9.17) is 0 Å². The molecule has 1 saturated heterocycles. The number of hydrogen-bond donors (Lipinski definition) is 1. The first-order chi connectivity index (χ1) is 10.2. The van der Waals surface area contributed by atoms with E-state index in [-0.39, 0.29) is 0 Å². The average Bonchev–Trinajstić information content (AvgIpc) is 3.40. The Morgan fingerprint density at radius 1 is 1.00 bits per heavy atom. The van der Waals surface area contributed by atoms with Gasteiger partial charge in [0.1, 0.15) is 0 Å². The summed E-state index contributed by atoms with van der Waals surface area (Å²) >= 11 is 0. The molecule has 0 amide bonds. The summed E-state index contributed by atoms with van der Waals surface area (Å²) in [5, 5.41) is 4.00. The fourth-order valence-electron chi connectivity index (χ4n) is 5.04. The van der Waals surface area contributed by atoms with Gasteiger partial charge >= 0.3 is 0 Å². The first-order valence-corrected chi connectivity index (χ1v) is 9.74. The van der Waals surface area contributed by atoms with Gasteiger partial charge in [0.15, 0.2) is 0 Å². The third-order valence-electron chi connectivity index (χ3n) is 6.91. The lowest BCUT2D eigenvalue weighted by atomic mass is 9.80. The highest BCUT2D eigenvalue weighted by Gasteiger charge is 2.47. The highest BCUT2D eigenvalue weighted by molar-refractivity contribution is 5.05. The van der Waals surface area contributed by atoms with Gasteiger partial charge in [0.2, 0.25) is 0 Å². The van der Waals surface area contributed by atoms with Crippen molar-refractivity contribution < 1.29 is 0 Å². The van der Waals surface area contributed by atoms with Crippen molar-refractivity contribution in [3.8, 4) is 0 Å². The van der Waals surface area contributed by atoms with Crippen molar-refractivity contribution in [3.63, 3.8) is 0 Å². The van der Waals surface area contributed by atoms with Gasteiger partial charge in [-0.05, 0) is 63.3 Å². The van der Waals surface area contributed by atoms with E-state index in [9.17, 15) is 0 Å². The second kappa shape index (κ2) is 5.85. The highest BCUT2D eigenvalue weighted by Crippen LogP contribution is 2.43. The van der Waals surface area contributed by atoms with Crippen molar-refractivity contribution in [2.45, 2.75) is 82.7 Å². The van der Waals surface area contributed by atoms with Crippen LogP contribution >= 0.6 is 0 Å². The predicted octanol–water partition coefficient (Wildman–Crippen LogP) is 3.81. The summed E-state index contributed by atoms with van der Waals surface area (Å²) in [5.74, 6) is 3.03. The molecule has 4 fully saturated rings. The molecule has 3 aliphatic carbocycles. The van der Waals surface area contributed by atoms with Gasteiger partial charge < -0.3 is 5.32 Å². The van der Waals surface area contributed by atoms with Crippen molar-refractivity contribution in [2.24, 2.45) is 17.8 Å².